The lowest BCUT2D eigenvalue weighted by Gasteiger charge is -2.08. The lowest BCUT2D eigenvalue weighted by Crippen LogP contribution is -1.96. The topological polar surface area (TPSA) is 66.1 Å². The Morgan fingerprint density at radius 2 is 2.25 bits per heavy atom. The number of methoxy groups -OCH3 is 1. The van der Waals surface area contributed by atoms with Crippen LogP contribution in [0.4, 0.5) is 0 Å². The monoisotopic (exact) mass is 214 g/mol. The molecule has 0 aliphatic heterocycles. The molecule has 1 aromatic carbocycles. The van der Waals surface area contributed by atoms with Gasteiger partial charge >= 0.3 is 0 Å². The maximum Gasteiger partial charge on any atom is 0.166 e. The third kappa shape index (κ3) is 1.69. The first-order chi connectivity index (χ1) is 7.76. The molecule has 0 saturated heterocycles. The highest BCUT2D eigenvalue weighted by atomic mass is 16.5. The summed E-state index contributed by atoms with van der Waals surface area (Å²) in [5, 5.41) is 19.0. The first-order valence-corrected chi connectivity index (χ1v) is 4.76. The predicted octanol–water partition coefficient (Wildman–Crippen LogP) is 1.80. The van der Waals surface area contributed by atoms with Gasteiger partial charge in [0.25, 0.3) is 0 Å². The van der Waals surface area contributed by atoms with Crippen molar-refractivity contribution in [1.82, 2.24) is 4.98 Å². The fourth-order valence-corrected chi connectivity index (χ4v) is 1.58. The maximum absolute atomic E-state index is 9.56. The van der Waals surface area contributed by atoms with Gasteiger partial charge in [-0.15, -0.1) is 0 Å². The highest BCUT2D eigenvalue weighted by Crippen LogP contribution is 2.26. The number of hydrogen-bond acceptors (Lipinski definition) is 4. The molecule has 4 heteroatoms. The van der Waals surface area contributed by atoms with Gasteiger partial charge in [-0.05, 0) is 24.3 Å². The number of ether oxygens (including phenoxy) is 1. The zero-order valence-corrected chi connectivity index (χ0v) is 8.71. The van der Waals surface area contributed by atoms with Crippen LogP contribution in [0.2, 0.25) is 0 Å². The maximum atomic E-state index is 9.56. The van der Waals surface area contributed by atoms with E-state index >= 15 is 0 Å². The van der Waals surface area contributed by atoms with Crippen molar-refractivity contribution in [3.05, 3.63) is 36.0 Å². The number of fused-ring (bicyclic) bond motifs is 1. The molecule has 0 amide bonds. The summed E-state index contributed by atoms with van der Waals surface area (Å²) >= 11 is 0. The fraction of sp³-hybridized carbons (Fsp3) is 0.167. The second kappa shape index (κ2) is 4.17. The molecular formula is C12H10N2O2. The Hall–Kier alpha value is -2.12. The van der Waals surface area contributed by atoms with E-state index < -0.39 is 6.10 Å². The molecule has 0 fully saturated rings. The molecule has 4 nitrogen and oxygen atoms in total. The number of hydrogen-bond donors (Lipinski definition) is 1. The van der Waals surface area contributed by atoms with E-state index in [1.54, 1.807) is 43.6 Å². The van der Waals surface area contributed by atoms with E-state index in [2.05, 4.69) is 4.98 Å². The molecule has 0 bridgehead atoms. The minimum absolute atomic E-state index is 0.548. The molecule has 1 heterocycles. The Labute approximate surface area is 92.7 Å². The van der Waals surface area contributed by atoms with Crippen molar-refractivity contribution in [3.63, 3.8) is 0 Å². The predicted molar refractivity (Wildman–Crippen MR) is 58.9 cm³/mol. The lowest BCUT2D eigenvalue weighted by atomic mass is 10.0. The number of aliphatic hydroxyl groups is 1. The van der Waals surface area contributed by atoms with Crippen molar-refractivity contribution in [2.24, 2.45) is 0 Å². The van der Waals surface area contributed by atoms with Crippen LogP contribution in [0, 0.1) is 11.3 Å². The minimum atomic E-state index is -1.14. The molecule has 1 aromatic heterocycles. The van der Waals surface area contributed by atoms with E-state index in [0.29, 0.717) is 11.3 Å². The van der Waals surface area contributed by atoms with Crippen molar-refractivity contribution in [1.29, 1.82) is 5.26 Å². The Morgan fingerprint density at radius 3 is 2.94 bits per heavy atom. The highest BCUT2D eigenvalue weighted by molar-refractivity contribution is 5.84. The molecule has 0 aliphatic carbocycles. The van der Waals surface area contributed by atoms with Crippen molar-refractivity contribution in [2.45, 2.75) is 6.10 Å². The van der Waals surface area contributed by atoms with Gasteiger partial charge in [0.05, 0.1) is 18.7 Å². The van der Waals surface area contributed by atoms with Crippen LogP contribution in [-0.2, 0) is 0 Å². The van der Waals surface area contributed by atoms with Crippen molar-refractivity contribution in [2.75, 3.05) is 7.11 Å². The molecule has 1 atom stereocenters. The summed E-state index contributed by atoms with van der Waals surface area (Å²) in [6.07, 6.45) is 0.433. The Bertz CT molecular complexity index is 560. The summed E-state index contributed by atoms with van der Waals surface area (Å²) in [5.41, 5.74) is 1.28. The molecule has 2 rings (SSSR count). The van der Waals surface area contributed by atoms with E-state index in [9.17, 15) is 5.11 Å². The number of pyridine rings is 1. The van der Waals surface area contributed by atoms with Gasteiger partial charge in [0, 0.05) is 17.1 Å². The SMILES string of the molecule is COc1ccc2nccc(C(O)C#N)c2c1. The smallest absolute Gasteiger partial charge is 0.166 e. The van der Waals surface area contributed by atoms with Crippen molar-refractivity contribution in [3.8, 4) is 11.8 Å². The molecule has 1 N–H and O–H groups in total. The molecule has 2 aromatic rings. The number of rotatable bonds is 2. The van der Waals surface area contributed by atoms with Gasteiger partial charge < -0.3 is 9.84 Å². The van der Waals surface area contributed by atoms with Crippen LogP contribution >= 0.6 is 0 Å². The van der Waals surface area contributed by atoms with E-state index in [-0.39, 0.29) is 0 Å². The Balaban J connectivity index is 2.70. The third-order valence-electron chi connectivity index (χ3n) is 2.40. The zero-order valence-electron chi connectivity index (χ0n) is 8.71. The standard InChI is InChI=1S/C12H10N2O2/c1-16-8-2-3-11-10(6-8)9(4-5-14-11)12(15)7-13/h2-6,12,15H,1H3. The molecule has 1 unspecified atom stereocenters. The van der Waals surface area contributed by atoms with E-state index in [1.807, 2.05) is 0 Å². The molecule has 0 saturated carbocycles. The minimum Gasteiger partial charge on any atom is -0.497 e. The number of benzene rings is 1. The van der Waals surface area contributed by atoms with Gasteiger partial charge in [0.15, 0.2) is 6.10 Å². The van der Waals surface area contributed by atoms with Crippen molar-refractivity contribution >= 4 is 10.9 Å². The summed E-state index contributed by atoms with van der Waals surface area (Å²) in [6, 6.07) is 8.78. The van der Waals surface area contributed by atoms with Crippen molar-refractivity contribution < 1.29 is 9.84 Å². The van der Waals surface area contributed by atoms with Gasteiger partial charge in [0.2, 0.25) is 0 Å². The number of aliphatic hydroxyl groups excluding tert-OH is 1. The summed E-state index contributed by atoms with van der Waals surface area (Å²) < 4.78 is 5.10. The Kier molecular flexibility index (Phi) is 2.71. The van der Waals surface area contributed by atoms with Gasteiger partial charge in [-0.25, -0.2) is 0 Å². The van der Waals surface area contributed by atoms with Crippen LogP contribution in [0.1, 0.15) is 11.7 Å². The zero-order chi connectivity index (χ0) is 11.5. The molecule has 0 spiro atoms. The average Bonchev–Trinajstić information content (AvgIpc) is 2.36. The summed E-state index contributed by atoms with van der Waals surface area (Å²) in [7, 11) is 1.57. The average molecular weight is 214 g/mol. The van der Waals surface area contributed by atoms with E-state index in [0.717, 1.165) is 10.9 Å². The summed E-state index contributed by atoms with van der Waals surface area (Å²) in [5.74, 6) is 0.673. The molecule has 0 aliphatic rings. The van der Waals surface area contributed by atoms with E-state index in [4.69, 9.17) is 10.00 Å². The van der Waals surface area contributed by atoms with Crippen LogP contribution in [-0.4, -0.2) is 17.2 Å². The Morgan fingerprint density at radius 1 is 1.44 bits per heavy atom. The number of nitrogens with zero attached hydrogens (tertiary/aromatic N) is 2. The first-order valence-electron chi connectivity index (χ1n) is 4.76. The van der Waals surface area contributed by atoms with Gasteiger partial charge in [-0.1, -0.05) is 0 Å². The fourth-order valence-electron chi connectivity index (χ4n) is 1.58. The molecule has 80 valence electrons. The van der Waals surface area contributed by atoms with Gasteiger partial charge in [0.1, 0.15) is 5.75 Å². The van der Waals surface area contributed by atoms with Gasteiger partial charge in [-0.2, -0.15) is 5.26 Å². The lowest BCUT2D eigenvalue weighted by molar-refractivity contribution is 0.237. The quantitative estimate of drug-likeness (QED) is 0.774. The van der Waals surface area contributed by atoms with E-state index in [1.165, 1.54) is 0 Å². The van der Waals surface area contributed by atoms with Crippen LogP contribution < -0.4 is 4.74 Å². The van der Waals surface area contributed by atoms with Crippen LogP contribution in [0.15, 0.2) is 30.5 Å². The first kappa shape index (κ1) is 10.4. The number of aromatic nitrogens is 1. The second-order valence-corrected chi connectivity index (χ2v) is 3.31. The number of nitriles is 1. The van der Waals surface area contributed by atoms with Gasteiger partial charge in [-0.3, -0.25) is 4.98 Å². The van der Waals surface area contributed by atoms with Crippen LogP contribution in [0.5, 0.6) is 5.75 Å². The van der Waals surface area contributed by atoms with Crippen LogP contribution in [0.3, 0.4) is 0 Å². The summed E-state index contributed by atoms with van der Waals surface area (Å²) in [6.45, 7) is 0. The summed E-state index contributed by atoms with van der Waals surface area (Å²) in [4.78, 5) is 4.16. The van der Waals surface area contributed by atoms with Crippen LogP contribution in [0.25, 0.3) is 10.9 Å². The molecular weight excluding hydrogens is 204 g/mol. The highest BCUT2D eigenvalue weighted by Gasteiger charge is 2.11. The molecule has 16 heavy (non-hydrogen) atoms. The normalized spacial score (nSPS) is 12.1. The third-order valence-corrected chi connectivity index (χ3v) is 2.40. The molecule has 0 radical (unpaired) electrons. The largest absolute Gasteiger partial charge is 0.497 e. The second-order valence-electron chi connectivity index (χ2n) is 3.31.